The first-order valence-electron chi connectivity index (χ1n) is 6.20. The SMILES string of the molecule is Cl.c1ccc2[nH]c(SCC3CCCNC3)nc2c1. The number of imidazole rings is 1. The molecule has 1 saturated heterocycles. The average Bonchev–Trinajstić information content (AvgIpc) is 2.80. The molecule has 1 aliphatic heterocycles. The summed E-state index contributed by atoms with van der Waals surface area (Å²) in [6.07, 6.45) is 2.66. The molecule has 1 aliphatic rings. The third-order valence-corrected chi connectivity index (χ3v) is 4.33. The van der Waals surface area contributed by atoms with Crippen molar-refractivity contribution in [1.82, 2.24) is 15.3 Å². The Morgan fingerprint density at radius 1 is 1.33 bits per heavy atom. The molecule has 1 aromatic heterocycles. The number of benzene rings is 1. The summed E-state index contributed by atoms with van der Waals surface area (Å²) in [5.41, 5.74) is 2.20. The zero-order chi connectivity index (χ0) is 11.5. The molecule has 1 fully saturated rings. The van der Waals surface area contributed by atoms with Crippen molar-refractivity contribution in [2.24, 2.45) is 5.92 Å². The first kappa shape index (κ1) is 13.7. The molecule has 0 amide bonds. The number of aromatic nitrogens is 2. The molecule has 0 spiro atoms. The van der Waals surface area contributed by atoms with Crippen molar-refractivity contribution in [2.45, 2.75) is 18.0 Å². The largest absolute Gasteiger partial charge is 0.333 e. The number of hydrogen-bond acceptors (Lipinski definition) is 3. The van der Waals surface area contributed by atoms with Crippen LogP contribution in [0.3, 0.4) is 0 Å². The molecule has 3 rings (SSSR count). The Bertz CT molecular complexity index is 461. The molecule has 2 aromatic rings. The summed E-state index contributed by atoms with van der Waals surface area (Å²) in [7, 11) is 0. The van der Waals surface area contributed by atoms with E-state index in [-0.39, 0.29) is 12.4 Å². The van der Waals surface area contributed by atoms with Crippen LogP contribution in [-0.4, -0.2) is 28.8 Å². The van der Waals surface area contributed by atoms with Crippen molar-refractivity contribution in [3.05, 3.63) is 24.3 Å². The molecule has 5 heteroatoms. The summed E-state index contributed by atoms with van der Waals surface area (Å²) in [4.78, 5) is 7.95. The smallest absolute Gasteiger partial charge is 0.166 e. The zero-order valence-corrected chi connectivity index (χ0v) is 11.8. The maximum Gasteiger partial charge on any atom is 0.166 e. The van der Waals surface area contributed by atoms with Gasteiger partial charge in [0.2, 0.25) is 0 Å². The standard InChI is InChI=1S/C13H17N3S.ClH/c1-2-6-12-11(5-1)15-13(16-12)17-9-10-4-3-7-14-8-10;/h1-2,5-6,10,14H,3-4,7-9H2,(H,15,16);1H. The molecular weight excluding hydrogens is 266 g/mol. The summed E-state index contributed by atoms with van der Waals surface area (Å²) in [6, 6.07) is 8.20. The Morgan fingerprint density at radius 3 is 3.00 bits per heavy atom. The minimum atomic E-state index is 0. The number of hydrogen-bond donors (Lipinski definition) is 2. The topological polar surface area (TPSA) is 40.7 Å². The molecule has 1 aromatic carbocycles. The van der Waals surface area contributed by atoms with Gasteiger partial charge in [0.1, 0.15) is 0 Å². The highest BCUT2D eigenvalue weighted by Gasteiger charge is 2.14. The van der Waals surface area contributed by atoms with Gasteiger partial charge in [0.05, 0.1) is 11.0 Å². The van der Waals surface area contributed by atoms with Gasteiger partial charge in [0.15, 0.2) is 5.16 Å². The lowest BCUT2D eigenvalue weighted by Gasteiger charge is -2.21. The van der Waals surface area contributed by atoms with Crippen molar-refractivity contribution >= 4 is 35.2 Å². The van der Waals surface area contributed by atoms with E-state index in [0.717, 1.165) is 34.4 Å². The van der Waals surface area contributed by atoms with Crippen LogP contribution in [0.5, 0.6) is 0 Å². The summed E-state index contributed by atoms with van der Waals surface area (Å²) < 4.78 is 0. The lowest BCUT2D eigenvalue weighted by Crippen LogP contribution is -2.30. The predicted octanol–water partition coefficient (Wildman–Crippen LogP) is 3.08. The molecule has 0 bridgehead atoms. The minimum Gasteiger partial charge on any atom is -0.333 e. The number of nitrogens with one attached hydrogen (secondary N) is 2. The molecular formula is C13H18ClN3S. The van der Waals surface area contributed by atoms with Crippen LogP contribution in [0, 0.1) is 5.92 Å². The zero-order valence-electron chi connectivity index (χ0n) is 10.2. The van der Waals surface area contributed by atoms with Gasteiger partial charge in [-0.15, -0.1) is 12.4 Å². The Labute approximate surface area is 118 Å². The number of fused-ring (bicyclic) bond motifs is 1. The van der Waals surface area contributed by atoms with Crippen molar-refractivity contribution in [2.75, 3.05) is 18.8 Å². The van der Waals surface area contributed by atoms with Gasteiger partial charge in [0.25, 0.3) is 0 Å². The van der Waals surface area contributed by atoms with Gasteiger partial charge < -0.3 is 10.3 Å². The van der Waals surface area contributed by atoms with Gasteiger partial charge in [-0.2, -0.15) is 0 Å². The Hall–Kier alpha value is -0.710. The molecule has 0 saturated carbocycles. The third-order valence-electron chi connectivity index (χ3n) is 3.22. The van der Waals surface area contributed by atoms with Crippen LogP contribution in [0.2, 0.25) is 0 Å². The Balaban J connectivity index is 0.00000120. The first-order valence-corrected chi connectivity index (χ1v) is 7.18. The number of thioether (sulfide) groups is 1. The van der Waals surface area contributed by atoms with Gasteiger partial charge >= 0.3 is 0 Å². The van der Waals surface area contributed by atoms with Crippen molar-refractivity contribution in [1.29, 1.82) is 0 Å². The lowest BCUT2D eigenvalue weighted by molar-refractivity contribution is 0.410. The number of H-pyrrole nitrogens is 1. The maximum absolute atomic E-state index is 4.58. The van der Waals surface area contributed by atoms with Crippen LogP contribution in [0.15, 0.2) is 29.4 Å². The molecule has 18 heavy (non-hydrogen) atoms. The van der Waals surface area contributed by atoms with Crippen molar-refractivity contribution in [3.8, 4) is 0 Å². The van der Waals surface area contributed by atoms with Gasteiger partial charge in [-0.1, -0.05) is 23.9 Å². The predicted molar refractivity (Wildman–Crippen MR) is 79.7 cm³/mol. The summed E-state index contributed by atoms with van der Waals surface area (Å²) in [5.74, 6) is 1.95. The number of para-hydroxylation sites is 2. The van der Waals surface area contributed by atoms with E-state index >= 15 is 0 Å². The fourth-order valence-corrected chi connectivity index (χ4v) is 3.28. The normalized spacial score (nSPS) is 19.7. The quantitative estimate of drug-likeness (QED) is 0.851. The fraction of sp³-hybridized carbons (Fsp3) is 0.462. The fourth-order valence-electron chi connectivity index (χ4n) is 2.26. The van der Waals surface area contributed by atoms with E-state index in [1.165, 1.54) is 19.4 Å². The summed E-state index contributed by atoms with van der Waals surface area (Å²) in [5, 5.41) is 4.51. The van der Waals surface area contributed by atoms with Gasteiger partial charge in [0, 0.05) is 5.75 Å². The van der Waals surface area contributed by atoms with E-state index in [1.807, 2.05) is 23.9 Å². The molecule has 2 N–H and O–H groups in total. The minimum absolute atomic E-state index is 0. The highest BCUT2D eigenvalue weighted by atomic mass is 35.5. The van der Waals surface area contributed by atoms with Crippen LogP contribution < -0.4 is 5.32 Å². The van der Waals surface area contributed by atoms with E-state index in [0.29, 0.717) is 0 Å². The summed E-state index contributed by atoms with van der Waals surface area (Å²) in [6.45, 7) is 2.35. The van der Waals surface area contributed by atoms with Crippen LogP contribution in [0.1, 0.15) is 12.8 Å². The lowest BCUT2D eigenvalue weighted by atomic mass is 10.0. The van der Waals surface area contributed by atoms with Crippen molar-refractivity contribution < 1.29 is 0 Å². The maximum atomic E-state index is 4.58. The molecule has 3 nitrogen and oxygen atoms in total. The molecule has 0 radical (unpaired) electrons. The number of rotatable bonds is 3. The second kappa shape index (κ2) is 6.45. The summed E-state index contributed by atoms with van der Waals surface area (Å²) >= 11 is 1.85. The highest BCUT2D eigenvalue weighted by Crippen LogP contribution is 2.23. The van der Waals surface area contributed by atoms with E-state index in [4.69, 9.17) is 0 Å². The van der Waals surface area contributed by atoms with E-state index in [9.17, 15) is 0 Å². The Kier molecular flexibility index (Phi) is 4.92. The van der Waals surface area contributed by atoms with Gasteiger partial charge in [-0.3, -0.25) is 0 Å². The number of aromatic amines is 1. The highest BCUT2D eigenvalue weighted by molar-refractivity contribution is 7.99. The van der Waals surface area contributed by atoms with E-state index in [1.54, 1.807) is 0 Å². The molecule has 2 heterocycles. The molecule has 0 aliphatic carbocycles. The Morgan fingerprint density at radius 2 is 2.22 bits per heavy atom. The monoisotopic (exact) mass is 283 g/mol. The van der Waals surface area contributed by atoms with Gasteiger partial charge in [-0.25, -0.2) is 4.98 Å². The van der Waals surface area contributed by atoms with Gasteiger partial charge in [-0.05, 0) is 44.0 Å². The first-order chi connectivity index (χ1) is 8.42. The van der Waals surface area contributed by atoms with Crippen molar-refractivity contribution in [3.63, 3.8) is 0 Å². The second-order valence-electron chi connectivity index (χ2n) is 4.58. The van der Waals surface area contributed by atoms with E-state index in [2.05, 4.69) is 27.4 Å². The molecule has 1 unspecified atom stereocenters. The molecule has 98 valence electrons. The van der Waals surface area contributed by atoms with Crippen LogP contribution in [-0.2, 0) is 0 Å². The number of halogens is 1. The number of piperidine rings is 1. The average molecular weight is 284 g/mol. The second-order valence-corrected chi connectivity index (χ2v) is 5.59. The number of nitrogens with zero attached hydrogens (tertiary/aromatic N) is 1. The van der Waals surface area contributed by atoms with Crippen LogP contribution in [0.4, 0.5) is 0 Å². The molecule has 1 atom stereocenters. The van der Waals surface area contributed by atoms with E-state index < -0.39 is 0 Å². The van der Waals surface area contributed by atoms with Crippen LogP contribution in [0.25, 0.3) is 11.0 Å². The van der Waals surface area contributed by atoms with Crippen LogP contribution >= 0.6 is 24.2 Å². The third kappa shape index (κ3) is 3.19.